The van der Waals surface area contributed by atoms with Crippen LogP contribution in [0.25, 0.3) is 0 Å². The molecule has 1 fully saturated rings. The molecule has 1 aliphatic heterocycles. The summed E-state index contributed by atoms with van der Waals surface area (Å²) in [6.07, 6.45) is 0. The van der Waals surface area contributed by atoms with Crippen molar-refractivity contribution in [2.45, 2.75) is 19.9 Å². The number of benzene rings is 2. The summed E-state index contributed by atoms with van der Waals surface area (Å²) in [7, 11) is 0. The number of amides is 3. The summed E-state index contributed by atoms with van der Waals surface area (Å²) in [5.41, 5.74) is 3.83. The Balaban J connectivity index is 1.91. The molecule has 1 saturated heterocycles. The number of halogens is 1. The predicted molar refractivity (Wildman–Crippen MR) is 103 cm³/mol. The first-order valence-corrected chi connectivity index (χ1v) is 8.63. The first-order chi connectivity index (χ1) is 12.3. The summed E-state index contributed by atoms with van der Waals surface area (Å²) in [6.45, 7) is 7.75. The summed E-state index contributed by atoms with van der Waals surface area (Å²) in [5.74, 6) is -0.924. The molecule has 1 heterocycles. The smallest absolute Gasteiger partial charge is 0.319 e. The summed E-state index contributed by atoms with van der Waals surface area (Å²) in [6, 6.07) is 12.1. The lowest BCUT2D eigenvalue weighted by molar-refractivity contribution is -0.119. The number of carbonyl (C=O) groups excluding carboxylic acids is 2. The highest BCUT2D eigenvalue weighted by Gasteiger charge is 2.37. The van der Waals surface area contributed by atoms with Crippen LogP contribution in [0.4, 0.5) is 10.5 Å². The molecule has 1 aliphatic rings. The zero-order valence-electron chi connectivity index (χ0n) is 14.6. The summed E-state index contributed by atoms with van der Waals surface area (Å²) >= 11 is 6.04. The minimum Gasteiger partial charge on any atom is -0.330 e. The summed E-state index contributed by atoms with van der Waals surface area (Å²) in [5, 5.41) is 8.87. The van der Waals surface area contributed by atoms with Crippen LogP contribution in [0.15, 0.2) is 54.7 Å². The van der Waals surface area contributed by atoms with E-state index in [1.807, 2.05) is 44.2 Å². The second-order valence-electron chi connectivity index (χ2n) is 6.44. The fraction of sp³-hybridized carbons (Fsp3) is 0.200. The van der Waals surface area contributed by atoms with Crippen LogP contribution >= 0.6 is 11.6 Å². The van der Waals surface area contributed by atoms with Gasteiger partial charge in [0.2, 0.25) is 5.91 Å². The van der Waals surface area contributed by atoms with Crippen LogP contribution in [0.2, 0.25) is 5.02 Å². The SMILES string of the molecule is C=C1NC(=O)N[C@@H](c2ccc(C)cc2)[C@@H]1C(=O)Nc1cc(Cl)ccc1C. The van der Waals surface area contributed by atoms with Gasteiger partial charge in [0.05, 0.1) is 6.04 Å². The highest BCUT2D eigenvalue weighted by Crippen LogP contribution is 2.31. The summed E-state index contributed by atoms with van der Waals surface area (Å²) in [4.78, 5) is 24.9. The van der Waals surface area contributed by atoms with Crippen molar-refractivity contribution in [2.24, 2.45) is 5.92 Å². The van der Waals surface area contributed by atoms with E-state index in [1.54, 1.807) is 12.1 Å². The van der Waals surface area contributed by atoms with Gasteiger partial charge in [-0.1, -0.05) is 54.1 Å². The topological polar surface area (TPSA) is 70.2 Å². The van der Waals surface area contributed by atoms with E-state index in [1.165, 1.54) is 0 Å². The van der Waals surface area contributed by atoms with Crippen molar-refractivity contribution >= 4 is 29.2 Å². The molecule has 0 saturated carbocycles. The number of hydrogen-bond acceptors (Lipinski definition) is 2. The minimum atomic E-state index is -0.659. The third-order valence-corrected chi connectivity index (χ3v) is 4.68. The van der Waals surface area contributed by atoms with Crippen molar-refractivity contribution in [2.75, 3.05) is 5.32 Å². The van der Waals surface area contributed by atoms with Gasteiger partial charge in [-0.2, -0.15) is 0 Å². The normalized spacial score (nSPS) is 19.5. The number of urea groups is 1. The van der Waals surface area contributed by atoms with E-state index in [4.69, 9.17) is 11.6 Å². The lowest BCUT2D eigenvalue weighted by Crippen LogP contribution is -2.51. The van der Waals surface area contributed by atoms with E-state index in [0.29, 0.717) is 16.4 Å². The molecule has 3 N–H and O–H groups in total. The van der Waals surface area contributed by atoms with Gasteiger partial charge in [0.15, 0.2) is 0 Å². The van der Waals surface area contributed by atoms with E-state index in [-0.39, 0.29) is 11.9 Å². The maximum Gasteiger partial charge on any atom is 0.319 e. The molecule has 2 aromatic carbocycles. The van der Waals surface area contributed by atoms with Crippen LogP contribution in [-0.4, -0.2) is 11.9 Å². The Morgan fingerprint density at radius 1 is 1.15 bits per heavy atom. The van der Waals surface area contributed by atoms with Gasteiger partial charge in [-0.25, -0.2) is 4.79 Å². The van der Waals surface area contributed by atoms with Crippen LogP contribution in [0.1, 0.15) is 22.7 Å². The monoisotopic (exact) mass is 369 g/mol. The number of hydrogen-bond donors (Lipinski definition) is 3. The molecule has 0 aliphatic carbocycles. The molecule has 5 nitrogen and oxygen atoms in total. The molecule has 26 heavy (non-hydrogen) atoms. The van der Waals surface area contributed by atoms with E-state index in [9.17, 15) is 9.59 Å². The van der Waals surface area contributed by atoms with Crippen LogP contribution in [-0.2, 0) is 4.79 Å². The molecule has 2 atom stereocenters. The Labute approximate surface area is 157 Å². The molecular formula is C20H20ClN3O2. The van der Waals surface area contributed by atoms with Crippen molar-refractivity contribution in [3.05, 3.63) is 76.5 Å². The van der Waals surface area contributed by atoms with Crippen molar-refractivity contribution in [3.63, 3.8) is 0 Å². The number of aryl methyl sites for hydroxylation is 2. The Kier molecular flexibility index (Phi) is 5.00. The molecule has 0 spiro atoms. The molecule has 3 rings (SSSR count). The highest BCUT2D eigenvalue weighted by molar-refractivity contribution is 6.31. The van der Waals surface area contributed by atoms with Gasteiger partial charge in [0.25, 0.3) is 0 Å². The minimum absolute atomic E-state index is 0.265. The molecule has 3 amide bonds. The third-order valence-electron chi connectivity index (χ3n) is 4.45. The second-order valence-corrected chi connectivity index (χ2v) is 6.87. The molecule has 2 aromatic rings. The molecule has 0 unspecified atom stereocenters. The molecule has 134 valence electrons. The number of carbonyl (C=O) groups is 2. The van der Waals surface area contributed by atoms with E-state index in [2.05, 4.69) is 22.5 Å². The van der Waals surface area contributed by atoms with Gasteiger partial charge in [-0.3, -0.25) is 4.79 Å². The average Bonchev–Trinajstić information content (AvgIpc) is 2.58. The summed E-state index contributed by atoms with van der Waals surface area (Å²) < 4.78 is 0. The predicted octanol–water partition coefficient (Wildman–Crippen LogP) is 4.08. The second kappa shape index (κ2) is 7.22. The zero-order chi connectivity index (χ0) is 18.8. The van der Waals surface area contributed by atoms with Gasteiger partial charge in [0.1, 0.15) is 5.92 Å². The van der Waals surface area contributed by atoms with Crippen LogP contribution in [0, 0.1) is 19.8 Å². The number of nitrogens with one attached hydrogen (secondary N) is 3. The Bertz CT molecular complexity index is 877. The molecular weight excluding hydrogens is 350 g/mol. The van der Waals surface area contributed by atoms with Crippen LogP contribution in [0.3, 0.4) is 0 Å². The van der Waals surface area contributed by atoms with Gasteiger partial charge in [-0.15, -0.1) is 0 Å². The zero-order valence-corrected chi connectivity index (χ0v) is 15.4. The largest absolute Gasteiger partial charge is 0.330 e. The van der Waals surface area contributed by atoms with Gasteiger partial charge >= 0.3 is 6.03 Å². The Morgan fingerprint density at radius 3 is 2.54 bits per heavy atom. The average molecular weight is 370 g/mol. The maximum absolute atomic E-state index is 13.0. The quantitative estimate of drug-likeness (QED) is 0.762. The van der Waals surface area contributed by atoms with Crippen LogP contribution in [0.5, 0.6) is 0 Å². The molecule has 6 heteroatoms. The molecule has 0 radical (unpaired) electrons. The van der Waals surface area contributed by atoms with E-state index >= 15 is 0 Å². The Hall–Kier alpha value is -2.79. The van der Waals surface area contributed by atoms with Crippen molar-refractivity contribution < 1.29 is 9.59 Å². The first kappa shape index (κ1) is 18.0. The third kappa shape index (κ3) is 3.73. The first-order valence-electron chi connectivity index (χ1n) is 8.25. The Morgan fingerprint density at radius 2 is 1.85 bits per heavy atom. The van der Waals surface area contributed by atoms with Gasteiger partial charge < -0.3 is 16.0 Å². The van der Waals surface area contributed by atoms with Gasteiger partial charge in [0, 0.05) is 16.4 Å². The molecule has 0 bridgehead atoms. The standard InChI is InChI=1S/C20H20ClN3O2/c1-11-4-7-14(8-5-11)18-17(13(3)22-20(26)24-18)19(25)23-16-10-15(21)9-6-12(16)2/h4-10,17-18H,3H2,1-2H3,(H,23,25)(H2,22,24,26)/t17-,18+/m1/s1. The van der Waals surface area contributed by atoms with E-state index < -0.39 is 12.0 Å². The highest BCUT2D eigenvalue weighted by atomic mass is 35.5. The fourth-order valence-electron chi connectivity index (χ4n) is 2.98. The van der Waals surface area contributed by atoms with Crippen molar-refractivity contribution in [1.29, 1.82) is 0 Å². The van der Waals surface area contributed by atoms with Crippen LogP contribution < -0.4 is 16.0 Å². The number of anilines is 1. The fourth-order valence-corrected chi connectivity index (χ4v) is 3.16. The molecule has 0 aromatic heterocycles. The van der Waals surface area contributed by atoms with Gasteiger partial charge in [-0.05, 0) is 37.1 Å². The lowest BCUT2D eigenvalue weighted by atomic mass is 9.88. The maximum atomic E-state index is 13.0. The number of rotatable bonds is 3. The van der Waals surface area contributed by atoms with Crippen molar-refractivity contribution in [3.8, 4) is 0 Å². The lowest BCUT2D eigenvalue weighted by Gasteiger charge is -2.34. The van der Waals surface area contributed by atoms with E-state index in [0.717, 1.165) is 16.7 Å². The van der Waals surface area contributed by atoms with Crippen molar-refractivity contribution in [1.82, 2.24) is 10.6 Å².